The molecular weight excluding hydrogens is 136 g/mol. The van der Waals surface area contributed by atoms with E-state index in [1.165, 1.54) is 6.21 Å². The van der Waals surface area contributed by atoms with Gasteiger partial charge in [-0.15, -0.1) is 0 Å². The third kappa shape index (κ3) is 6.90. The Morgan fingerprint density at radius 3 is 3.10 bits per heavy atom. The average Bonchev–Trinajstić information content (AvgIpc) is 1.87. The van der Waals surface area contributed by atoms with Crippen LogP contribution in [0.3, 0.4) is 0 Å². The van der Waals surface area contributed by atoms with Crippen LogP contribution in [-0.4, -0.2) is 30.6 Å². The molecule has 0 aromatic rings. The minimum absolute atomic E-state index is 0.330. The molecule has 0 saturated heterocycles. The van der Waals surface area contributed by atoms with E-state index in [4.69, 9.17) is 9.84 Å². The monoisotopic (exact) mass is 146 g/mol. The topological polar surface area (TPSA) is 70.9 Å². The first kappa shape index (κ1) is 8.90. The van der Waals surface area contributed by atoms with E-state index in [0.717, 1.165) is 0 Å². The lowest BCUT2D eigenvalue weighted by Gasteiger charge is -1.91. The zero-order valence-corrected chi connectivity index (χ0v) is 5.70. The third-order valence-electron chi connectivity index (χ3n) is 0.648. The summed E-state index contributed by atoms with van der Waals surface area (Å²) in [5.74, 6) is 0. The lowest BCUT2D eigenvalue weighted by Crippen LogP contribution is -2.14. The summed E-state index contributed by atoms with van der Waals surface area (Å²) in [7, 11) is 0. The highest BCUT2D eigenvalue weighted by Gasteiger charge is 1.85. The van der Waals surface area contributed by atoms with Crippen LogP contribution >= 0.6 is 0 Å². The van der Waals surface area contributed by atoms with Gasteiger partial charge in [0.25, 0.3) is 0 Å². The minimum Gasteiger partial charge on any atom is -0.464 e. The third-order valence-corrected chi connectivity index (χ3v) is 0.648. The fourth-order valence-corrected chi connectivity index (χ4v) is 0.309. The van der Waals surface area contributed by atoms with Crippen molar-refractivity contribution in [1.82, 2.24) is 5.43 Å². The number of carbonyl (C=O) groups is 1. The molecule has 5 heteroatoms. The molecule has 1 amide bonds. The number of amides is 1. The standard InChI is InChI=1S/C5H10N2O3/c1-2-10-4-3-6-7-5(8)9/h3,7H,2,4H2,1H3,(H,8,9). The van der Waals surface area contributed by atoms with Crippen molar-refractivity contribution in [3.05, 3.63) is 0 Å². The Labute approximate surface area is 58.7 Å². The number of nitrogens with one attached hydrogen (secondary N) is 1. The summed E-state index contributed by atoms with van der Waals surface area (Å²) >= 11 is 0. The van der Waals surface area contributed by atoms with Gasteiger partial charge < -0.3 is 9.84 Å². The number of hydrogen-bond acceptors (Lipinski definition) is 3. The summed E-state index contributed by atoms with van der Waals surface area (Å²) in [6, 6.07) is 0. The highest BCUT2D eigenvalue weighted by molar-refractivity contribution is 5.67. The maximum Gasteiger partial charge on any atom is 0.425 e. The number of hydrazone groups is 1. The van der Waals surface area contributed by atoms with E-state index < -0.39 is 6.09 Å². The van der Waals surface area contributed by atoms with Crippen molar-refractivity contribution in [2.75, 3.05) is 13.2 Å². The summed E-state index contributed by atoms with van der Waals surface area (Å²) in [5.41, 5.74) is 1.81. The Morgan fingerprint density at radius 2 is 2.60 bits per heavy atom. The molecule has 0 aliphatic rings. The van der Waals surface area contributed by atoms with E-state index >= 15 is 0 Å². The second-order valence-electron chi connectivity index (χ2n) is 1.39. The summed E-state index contributed by atoms with van der Waals surface area (Å²) in [6.45, 7) is 2.77. The van der Waals surface area contributed by atoms with Crippen LogP contribution in [-0.2, 0) is 4.74 Å². The van der Waals surface area contributed by atoms with Crippen molar-refractivity contribution >= 4 is 12.3 Å². The van der Waals surface area contributed by atoms with Crippen molar-refractivity contribution in [3.63, 3.8) is 0 Å². The molecule has 0 radical (unpaired) electrons. The molecule has 0 bridgehead atoms. The first-order valence-corrected chi connectivity index (χ1v) is 2.85. The normalized spacial score (nSPS) is 10.1. The largest absolute Gasteiger partial charge is 0.464 e. The van der Waals surface area contributed by atoms with E-state index in [2.05, 4.69) is 5.10 Å². The van der Waals surface area contributed by atoms with Crippen LogP contribution in [0, 0.1) is 0 Å². The predicted molar refractivity (Wildman–Crippen MR) is 36.1 cm³/mol. The molecule has 0 aromatic carbocycles. The van der Waals surface area contributed by atoms with Gasteiger partial charge in [-0.25, -0.2) is 10.2 Å². The molecule has 2 N–H and O–H groups in total. The predicted octanol–water partition coefficient (Wildman–Crippen LogP) is 0.276. The van der Waals surface area contributed by atoms with Crippen LogP contribution < -0.4 is 5.43 Å². The van der Waals surface area contributed by atoms with Crippen LogP contribution in [0.2, 0.25) is 0 Å². The lowest BCUT2D eigenvalue weighted by molar-refractivity contribution is 0.188. The molecule has 10 heavy (non-hydrogen) atoms. The molecule has 0 heterocycles. The summed E-state index contributed by atoms with van der Waals surface area (Å²) < 4.78 is 4.83. The van der Waals surface area contributed by atoms with Gasteiger partial charge in [0.05, 0.1) is 12.8 Å². The number of hydrogen-bond donors (Lipinski definition) is 2. The molecule has 0 aromatic heterocycles. The Hall–Kier alpha value is -1.10. The number of nitrogens with zero attached hydrogens (tertiary/aromatic N) is 1. The molecule has 0 unspecified atom stereocenters. The summed E-state index contributed by atoms with van der Waals surface area (Å²) in [6.07, 6.45) is 0.171. The maximum absolute atomic E-state index is 9.77. The first-order valence-electron chi connectivity index (χ1n) is 2.85. The van der Waals surface area contributed by atoms with Crippen molar-refractivity contribution in [1.29, 1.82) is 0 Å². The number of ether oxygens (including phenoxy) is 1. The second kappa shape index (κ2) is 6.03. The fourth-order valence-electron chi connectivity index (χ4n) is 0.309. The van der Waals surface area contributed by atoms with E-state index in [-0.39, 0.29) is 0 Å². The van der Waals surface area contributed by atoms with E-state index in [0.29, 0.717) is 13.2 Å². The van der Waals surface area contributed by atoms with Crippen LogP contribution in [0.4, 0.5) is 4.79 Å². The van der Waals surface area contributed by atoms with Crippen LogP contribution in [0.25, 0.3) is 0 Å². The molecule has 0 spiro atoms. The van der Waals surface area contributed by atoms with Crippen molar-refractivity contribution in [3.8, 4) is 0 Å². The molecule has 0 atom stereocenters. The van der Waals surface area contributed by atoms with Gasteiger partial charge in [0.2, 0.25) is 0 Å². The molecule has 0 fully saturated rings. The van der Waals surface area contributed by atoms with Crippen molar-refractivity contribution in [2.45, 2.75) is 6.92 Å². The quantitative estimate of drug-likeness (QED) is 0.340. The molecule has 0 aliphatic carbocycles. The van der Waals surface area contributed by atoms with Crippen LogP contribution in [0.1, 0.15) is 6.92 Å². The zero-order valence-electron chi connectivity index (χ0n) is 5.70. The van der Waals surface area contributed by atoms with E-state index in [9.17, 15) is 4.79 Å². The minimum atomic E-state index is -1.17. The average molecular weight is 146 g/mol. The smallest absolute Gasteiger partial charge is 0.425 e. The second-order valence-corrected chi connectivity index (χ2v) is 1.39. The van der Waals surface area contributed by atoms with Gasteiger partial charge in [0.1, 0.15) is 0 Å². The van der Waals surface area contributed by atoms with Gasteiger partial charge in [0.15, 0.2) is 0 Å². The van der Waals surface area contributed by atoms with Gasteiger partial charge in [-0.05, 0) is 6.92 Å². The van der Waals surface area contributed by atoms with E-state index in [1.807, 2.05) is 12.3 Å². The Kier molecular flexibility index (Phi) is 5.36. The van der Waals surface area contributed by atoms with Gasteiger partial charge in [0, 0.05) is 6.61 Å². The molecule has 58 valence electrons. The molecule has 0 aliphatic heterocycles. The molecular formula is C5H10N2O3. The SMILES string of the molecule is CCOCC=NNC(=O)O. The Morgan fingerprint density at radius 1 is 1.90 bits per heavy atom. The van der Waals surface area contributed by atoms with Gasteiger partial charge in [-0.3, -0.25) is 0 Å². The first-order chi connectivity index (χ1) is 4.77. The molecule has 0 rings (SSSR count). The maximum atomic E-state index is 9.77. The van der Waals surface area contributed by atoms with Gasteiger partial charge >= 0.3 is 6.09 Å². The Balaban J connectivity index is 3.12. The van der Waals surface area contributed by atoms with E-state index in [1.54, 1.807) is 0 Å². The highest BCUT2D eigenvalue weighted by Crippen LogP contribution is 1.67. The fraction of sp³-hybridized carbons (Fsp3) is 0.600. The van der Waals surface area contributed by atoms with Gasteiger partial charge in [-0.1, -0.05) is 0 Å². The van der Waals surface area contributed by atoms with Crippen LogP contribution in [0.5, 0.6) is 0 Å². The lowest BCUT2D eigenvalue weighted by atomic mass is 10.8. The Bertz CT molecular complexity index is 124. The van der Waals surface area contributed by atoms with Crippen LogP contribution in [0.15, 0.2) is 5.10 Å². The van der Waals surface area contributed by atoms with Gasteiger partial charge in [-0.2, -0.15) is 5.10 Å². The van der Waals surface area contributed by atoms with Crippen molar-refractivity contribution < 1.29 is 14.6 Å². The highest BCUT2D eigenvalue weighted by atomic mass is 16.5. The number of rotatable bonds is 4. The molecule has 5 nitrogen and oxygen atoms in total. The molecule has 0 saturated carbocycles. The summed E-state index contributed by atoms with van der Waals surface area (Å²) in [5, 5.41) is 11.3. The number of carboxylic acid groups (broad SMARTS) is 1. The summed E-state index contributed by atoms with van der Waals surface area (Å²) in [4.78, 5) is 9.77. The van der Waals surface area contributed by atoms with Crippen molar-refractivity contribution in [2.24, 2.45) is 5.10 Å². The zero-order chi connectivity index (χ0) is 7.82.